The minimum atomic E-state index is -3.60. The smallest absolute Gasteiger partial charge is 0.212 e. The Hall–Kier alpha value is -0.960. The van der Waals surface area contributed by atoms with Crippen LogP contribution in [0.3, 0.4) is 0 Å². The molecule has 2 bridgehead atoms. The zero-order valence-corrected chi connectivity index (χ0v) is 15.8. The van der Waals surface area contributed by atoms with E-state index in [0.717, 1.165) is 24.0 Å². The molecule has 0 amide bonds. The molecule has 0 saturated carbocycles. The molecule has 1 aromatic carbocycles. The van der Waals surface area contributed by atoms with E-state index in [4.69, 9.17) is 0 Å². The van der Waals surface area contributed by atoms with Crippen molar-refractivity contribution in [2.24, 2.45) is 0 Å². The van der Waals surface area contributed by atoms with Gasteiger partial charge in [0.05, 0.1) is 11.2 Å². The van der Waals surface area contributed by atoms with Crippen LogP contribution in [0.1, 0.15) is 36.8 Å². The SMILES string of the molecule is Cc1ccc(S(=O)(=O)NC2CC3CCC(C2)N3S(C)(=O)=O)c(C)c1. The fourth-order valence-electron chi connectivity index (χ4n) is 4.16. The lowest BCUT2D eigenvalue weighted by Crippen LogP contribution is -2.52. The lowest BCUT2D eigenvalue weighted by Gasteiger charge is -2.37. The molecule has 2 unspecified atom stereocenters. The fourth-order valence-corrected chi connectivity index (χ4v) is 7.11. The topological polar surface area (TPSA) is 83.6 Å². The summed E-state index contributed by atoms with van der Waals surface area (Å²) < 4.78 is 53.6. The Kier molecular flexibility index (Phi) is 4.53. The monoisotopic (exact) mass is 372 g/mol. The Morgan fingerprint density at radius 3 is 2.12 bits per heavy atom. The fraction of sp³-hybridized carbons (Fsp3) is 0.625. The second-order valence-electron chi connectivity index (χ2n) is 7.04. The van der Waals surface area contributed by atoms with Gasteiger partial charge in [0.15, 0.2) is 0 Å². The maximum absolute atomic E-state index is 12.7. The molecule has 0 aliphatic carbocycles. The van der Waals surface area contributed by atoms with Crippen molar-refractivity contribution in [1.82, 2.24) is 9.03 Å². The predicted molar refractivity (Wildman–Crippen MR) is 92.8 cm³/mol. The average molecular weight is 373 g/mol. The third kappa shape index (κ3) is 3.37. The molecule has 8 heteroatoms. The van der Waals surface area contributed by atoms with Crippen LogP contribution in [0.2, 0.25) is 0 Å². The summed E-state index contributed by atoms with van der Waals surface area (Å²) in [4.78, 5) is 0.297. The lowest BCUT2D eigenvalue weighted by molar-refractivity contribution is 0.221. The molecule has 2 fully saturated rings. The molecule has 0 aromatic heterocycles. The van der Waals surface area contributed by atoms with Gasteiger partial charge in [0.2, 0.25) is 20.0 Å². The lowest BCUT2D eigenvalue weighted by atomic mass is 10.0. The van der Waals surface area contributed by atoms with E-state index < -0.39 is 20.0 Å². The van der Waals surface area contributed by atoms with Crippen molar-refractivity contribution in [3.63, 3.8) is 0 Å². The highest BCUT2D eigenvalue weighted by Gasteiger charge is 2.46. The average Bonchev–Trinajstić information content (AvgIpc) is 2.70. The van der Waals surface area contributed by atoms with Gasteiger partial charge in [-0.2, -0.15) is 4.31 Å². The largest absolute Gasteiger partial charge is 0.241 e. The Bertz CT molecular complexity index is 835. The molecule has 2 aliphatic rings. The summed E-state index contributed by atoms with van der Waals surface area (Å²) in [6.07, 6.45) is 3.92. The van der Waals surface area contributed by atoms with Gasteiger partial charge in [-0.15, -0.1) is 0 Å². The zero-order valence-electron chi connectivity index (χ0n) is 14.2. The van der Waals surface area contributed by atoms with Crippen molar-refractivity contribution in [3.8, 4) is 0 Å². The summed E-state index contributed by atoms with van der Waals surface area (Å²) in [5, 5.41) is 0. The van der Waals surface area contributed by atoms with E-state index in [0.29, 0.717) is 17.7 Å². The summed E-state index contributed by atoms with van der Waals surface area (Å²) in [5.41, 5.74) is 1.74. The molecule has 1 aromatic rings. The molecular formula is C16H24N2O4S2. The van der Waals surface area contributed by atoms with Crippen molar-refractivity contribution in [1.29, 1.82) is 0 Å². The molecule has 24 heavy (non-hydrogen) atoms. The van der Waals surface area contributed by atoms with Crippen molar-refractivity contribution < 1.29 is 16.8 Å². The number of benzene rings is 1. The molecule has 2 saturated heterocycles. The summed E-state index contributed by atoms with van der Waals surface area (Å²) in [6.45, 7) is 3.72. The summed E-state index contributed by atoms with van der Waals surface area (Å²) in [7, 11) is -6.83. The van der Waals surface area contributed by atoms with Gasteiger partial charge in [-0.05, 0) is 51.2 Å². The highest BCUT2D eigenvalue weighted by Crippen LogP contribution is 2.38. The highest BCUT2D eigenvalue weighted by atomic mass is 32.2. The zero-order chi connectivity index (χ0) is 17.7. The number of hydrogen-bond acceptors (Lipinski definition) is 4. The predicted octanol–water partition coefficient (Wildman–Crippen LogP) is 1.54. The summed E-state index contributed by atoms with van der Waals surface area (Å²) >= 11 is 0. The van der Waals surface area contributed by atoms with E-state index >= 15 is 0 Å². The second-order valence-corrected chi connectivity index (χ2v) is 10.6. The van der Waals surface area contributed by atoms with E-state index in [9.17, 15) is 16.8 Å². The standard InChI is InChI=1S/C16H24N2O4S2/c1-11-4-7-16(12(2)8-11)24(21,22)17-13-9-14-5-6-15(10-13)18(14)23(3,19)20/h4,7-8,13-15,17H,5-6,9-10H2,1-3H3. The molecule has 3 rings (SSSR count). The van der Waals surface area contributed by atoms with Crippen molar-refractivity contribution in [2.75, 3.05) is 6.26 Å². The Morgan fingerprint density at radius 1 is 1.04 bits per heavy atom. The van der Waals surface area contributed by atoms with Crippen molar-refractivity contribution >= 4 is 20.0 Å². The van der Waals surface area contributed by atoms with Crippen molar-refractivity contribution in [3.05, 3.63) is 29.3 Å². The molecule has 0 radical (unpaired) electrons. The first kappa shape index (κ1) is 17.8. The third-order valence-electron chi connectivity index (χ3n) is 4.99. The van der Waals surface area contributed by atoms with Crippen LogP contribution in [-0.2, 0) is 20.0 Å². The van der Waals surface area contributed by atoms with Crippen LogP contribution < -0.4 is 4.72 Å². The highest BCUT2D eigenvalue weighted by molar-refractivity contribution is 7.89. The van der Waals surface area contributed by atoms with Gasteiger partial charge in [0.1, 0.15) is 0 Å². The van der Waals surface area contributed by atoms with E-state index in [2.05, 4.69) is 4.72 Å². The molecule has 6 nitrogen and oxygen atoms in total. The molecule has 134 valence electrons. The normalized spacial score (nSPS) is 28.2. The van der Waals surface area contributed by atoms with E-state index in [1.54, 1.807) is 23.4 Å². The van der Waals surface area contributed by atoms with Crippen molar-refractivity contribution in [2.45, 2.75) is 62.6 Å². The van der Waals surface area contributed by atoms with E-state index in [1.165, 1.54) is 6.26 Å². The molecule has 1 N–H and O–H groups in total. The molecule has 2 atom stereocenters. The van der Waals surface area contributed by atoms with Gasteiger partial charge >= 0.3 is 0 Å². The van der Waals surface area contributed by atoms with E-state index in [-0.39, 0.29) is 18.1 Å². The molecular weight excluding hydrogens is 348 g/mol. The van der Waals surface area contributed by atoms with Crippen LogP contribution in [0.15, 0.2) is 23.1 Å². The molecule has 2 aliphatic heterocycles. The number of hydrogen-bond donors (Lipinski definition) is 1. The number of piperidine rings is 1. The summed E-state index contributed by atoms with van der Waals surface area (Å²) in [6, 6.07) is 4.87. The first-order valence-corrected chi connectivity index (χ1v) is 11.5. The Labute approximate surface area is 144 Å². The number of nitrogens with one attached hydrogen (secondary N) is 1. The molecule has 0 spiro atoms. The first-order chi connectivity index (χ1) is 11.1. The van der Waals surface area contributed by atoms with Gasteiger partial charge in [-0.1, -0.05) is 17.7 Å². The Morgan fingerprint density at radius 2 is 1.62 bits per heavy atom. The second kappa shape index (κ2) is 6.09. The maximum Gasteiger partial charge on any atom is 0.241 e. The molecule has 2 heterocycles. The van der Waals surface area contributed by atoms with Gasteiger partial charge in [-0.3, -0.25) is 0 Å². The van der Waals surface area contributed by atoms with E-state index in [1.807, 2.05) is 13.0 Å². The van der Waals surface area contributed by atoms with Crippen LogP contribution in [0.4, 0.5) is 0 Å². The Balaban J connectivity index is 1.78. The quantitative estimate of drug-likeness (QED) is 0.869. The maximum atomic E-state index is 12.7. The van der Waals surface area contributed by atoms with Crippen LogP contribution in [0, 0.1) is 13.8 Å². The van der Waals surface area contributed by atoms with Gasteiger partial charge in [-0.25, -0.2) is 21.6 Å². The first-order valence-electron chi connectivity index (χ1n) is 8.16. The number of fused-ring (bicyclic) bond motifs is 2. The van der Waals surface area contributed by atoms with Crippen LogP contribution in [-0.4, -0.2) is 45.5 Å². The number of aryl methyl sites for hydroxylation is 2. The number of nitrogens with zero attached hydrogens (tertiary/aromatic N) is 1. The van der Waals surface area contributed by atoms with Crippen LogP contribution in [0.25, 0.3) is 0 Å². The van der Waals surface area contributed by atoms with Crippen LogP contribution in [0.5, 0.6) is 0 Å². The third-order valence-corrected chi connectivity index (χ3v) is 8.03. The van der Waals surface area contributed by atoms with Gasteiger partial charge in [0, 0.05) is 18.1 Å². The van der Waals surface area contributed by atoms with Gasteiger partial charge < -0.3 is 0 Å². The summed E-state index contributed by atoms with van der Waals surface area (Å²) in [5.74, 6) is 0. The number of sulfonamides is 2. The minimum absolute atomic E-state index is 0.0921. The minimum Gasteiger partial charge on any atom is -0.212 e. The number of rotatable bonds is 4. The van der Waals surface area contributed by atoms with Crippen LogP contribution >= 0.6 is 0 Å². The van der Waals surface area contributed by atoms with Gasteiger partial charge in [0.25, 0.3) is 0 Å².